The summed E-state index contributed by atoms with van der Waals surface area (Å²) in [5, 5.41) is 5.46. The number of benzene rings is 1. The summed E-state index contributed by atoms with van der Waals surface area (Å²) in [6.07, 6.45) is 6.19. The summed E-state index contributed by atoms with van der Waals surface area (Å²) in [5.41, 5.74) is 1.70. The van der Waals surface area contributed by atoms with Crippen LogP contribution in [0.4, 0.5) is 10.5 Å². The van der Waals surface area contributed by atoms with Crippen LogP contribution in [0.5, 0.6) is 0 Å². The van der Waals surface area contributed by atoms with Crippen LogP contribution in [-0.2, 0) is 9.53 Å². The smallest absolute Gasteiger partial charge is 0.319 e. The second kappa shape index (κ2) is 10.3. The van der Waals surface area contributed by atoms with E-state index in [1.807, 2.05) is 62.4 Å². The Hall–Kier alpha value is -2.40. The first kappa shape index (κ1) is 18.6. The predicted octanol–water partition coefficient (Wildman–Crippen LogP) is 3.16. The molecule has 5 heteroatoms. The number of carbonyl (C=O) groups excluding carboxylic acids is 2. The van der Waals surface area contributed by atoms with Crippen molar-refractivity contribution in [3.8, 4) is 0 Å². The Bertz CT molecular complexity index is 553. The fraction of sp³-hybridized carbons (Fsp3) is 0.333. The quantitative estimate of drug-likeness (QED) is 0.572. The summed E-state index contributed by atoms with van der Waals surface area (Å²) in [6.45, 7) is 4.13. The first-order valence-electron chi connectivity index (χ1n) is 7.49. The third-order valence-electron chi connectivity index (χ3n) is 3.30. The maximum Gasteiger partial charge on any atom is 0.319 e. The number of hydrogen-bond acceptors (Lipinski definition) is 3. The van der Waals surface area contributed by atoms with Gasteiger partial charge in [-0.05, 0) is 24.6 Å². The van der Waals surface area contributed by atoms with Gasteiger partial charge >= 0.3 is 6.03 Å². The lowest BCUT2D eigenvalue weighted by atomic mass is 9.99. The number of para-hydroxylation sites is 1. The number of aldehydes is 1. The molecule has 2 atom stereocenters. The second-order valence-electron chi connectivity index (χ2n) is 5.19. The van der Waals surface area contributed by atoms with Crippen molar-refractivity contribution in [1.82, 2.24) is 5.32 Å². The number of hydrogen-bond donors (Lipinski definition) is 2. The highest BCUT2D eigenvalue weighted by Crippen LogP contribution is 2.14. The molecular weight excluding hydrogens is 292 g/mol. The zero-order valence-electron chi connectivity index (χ0n) is 13.8. The van der Waals surface area contributed by atoms with E-state index in [0.717, 1.165) is 17.5 Å². The molecule has 5 nitrogen and oxygen atoms in total. The Morgan fingerprint density at radius 1 is 1.30 bits per heavy atom. The lowest BCUT2D eigenvalue weighted by Crippen LogP contribution is -2.28. The minimum absolute atomic E-state index is 0.195. The molecule has 0 bridgehead atoms. The lowest BCUT2D eigenvalue weighted by molar-refractivity contribution is -0.113. The molecule has 1 rings (SSSR count). The van der Waals surface area contributed by atoms with Crippen molar-refractivity contribution in [3.63, 3.8) is 0 Å². The summed E-state index contributed by atoms with van der Waals surface area (Å²) >= 11 is 0. The Kier molecular flexibility index (Phi) is 8.39. The van der Waals surface area contributed by atoms with E-state index in [2.05, 4.69) is 10.6 Å². The number of anilines is 1. The van der Waals surface area contributed by atoms with Crippen LogP contribution < -0.4 is 10.6 Å². The lowest BCUT2D eigenvalue weighted by Gasteiger charge is -2.18. The van der Waals surface area contributed by atoms with Crippen LogP contribution in [0.3, 0.4) is 0 Å². The predicted molar refractivity (Wildman–Crippen MR) is 92.4 cm³/mol. The third-order valence-corrected chi connectivity index (χ3v) is 3.30. The van der Waals surface area contributed by atoms with E-state index in [-0.39, 0.29) is 18.1 Å². The van der Waals surface area contributed by atoms with E-state index >= 15 is 0 Å². The minimum atomic E-state index is -0.258. The number of urea groups is 1. The van der Waals surface area contributed by atoms with Crippen LogP contribution in [-0.4, -0.2) is 32.1 Å². The van der Waals surface area contributed by atoms with Gasteiger partial charge in [0.25, 0.3) is 0 Å². The molecule has 0 fully saturated rings. The van der Waals surface area contributed by atoms with Crippen LogP contribution in [0.2, 0.25) is 0 Å². The standard InChI is InChI=1S/C18H24N2O3/c1-14(17(23-3)15(2)13-21)9-7-8-12-19-18(22)20-16-10-5-4-6-11-16/h4-11,13,15,17H,12H2,1-3H3,(H2,19,20,22)/b8-7+,14-9+/t15-,17+/m0/s1. The van der Waals surface area contributed by atoms with Crippen LogP contribution in [0.15, 0.2) is 54.1 Å². The molecule has 0 radical (unpaired) electrons. The fourth-order valence-electron chi connectivity index (χ4n) is 2.12. The van der Waals surface area contributed by atoms with Crippen molar-refractivity contribution < 1.29 is 14.3 Å². The molecule has 0 saturated carbocycles. The third kappa shape index (κ3) is 6.93. The van der Waals surface area contributed by atoms with E-state index in [0.29, 0.717) is 6.54 Å². The van der Waals surface area contributed by atoms with Crippen molar-refractivity contribution in [1.29, 1.82) is 0 Å². The highest BCUT2D eigenvalue weighted by Gasteiger charge is 2.16. The largest absolute Gasteiger partial charge is 0.376 e. The van der Waals surface area contributed by atoms with Crippen LogP contribution in [0, 0.1) is 5.92 Å². The number of rotatable bonds is 8. The zero-order valence-corrected chi connectivity index (χ0v) is 13.8. The van der Waals surface area contributed by atoms with Gasteiger partial charge in [0.15, 0.2) is 0 Å². The SMILES string of the molecule is CO[C@H](/C(C)=C/C=C/CNC(=O)Nc1ccccc1)[C@@H](C)C=O. The highest BCUT2D eigenvalue weighted by molar-refractivity contribution is 5.89. The number of ether oxygens (including phenoxy) is 1. The summed E-state index contributed by atoms with van der Waals surface area (Å²) in [6, 6.07) is 8.98. The van der Waals surface area contributed by atoms with Gasteiger partial charge in [0.2, 0.25) is 0 Å². The van der Waals surface area contributed by atoms with Gasteiger partial charge in [-0.3, -0.25) is 0 Å². The normalized spacial score (nSPS) is 14.3. The van der Waals surface area contributed by atoms with Crippen LogP contribution >= 0.6 is 0 Å². The number of carbonyl (C=O) groups is 2. The highest BCUT2D eigenvalue weighted by atomic mass is 16.5. The van der Waals surface area contributed by atoms with Gasteiger partial charge in [0.1, 0.15) is 6.29 Å². The Balaban J connectivity index is 2.39. The molecule has 0 spiro atoms. The van der Waals surface area contributed by atoms with Gasteiger partial charge in [-0.15, -0.1) is 0 Å². The number of nitrogens with one attached hydrogen (secondary N) is 2. The number of allylic oxidation sites excluding steroid dienone is 2. The molecule has 2 N–H and O–H groups in total. The van der Waals surface area contributed by atoms with Gasteiger partial charge < -0.3 is 20.2 Å². The molecule has 0 unspecified atom stereocenters. The molecule has 23 heavy (non-hydrogen) atoms. The molecule has 0 aliphatic heterocycles. The monoisotopic (exact) mass is 316 g/mol. The van der Waals surface area contributed by atoms with E-state index in [1.165, 1.54) is 0 Å². The van der Waals surface area contributed by atoms with Crippen molar-refractivity contribution in [2.75, 3.05) is 19.0 Å². The van der Waals surface area contributed by atoms with Gasteiger partial charge in [-0.2, -0.15) is 0 Å². The second-order valence-corrected chi connectivity index (χ2v) is 5.19. The minimum Gasteiger partial charge on any atom is -0.376 e. The van der Waals surface area contributed by atoms with Gasteiger partial charge in [-0.1, -0.05) is 43.4 Å². The first-order chi connectivity index (χ1) is 11.1. The fourth-order valence-corrected chi connectivity index (χ4v) is 2.12. The summed E-state index contributed by atoms with van der Waals surface area (Å²) < 4.78 is 5.31. The van der Waals surface area contributed by atoms with E-state index < -0.39 is 0 Å². The van der Waals surface area contributed by atoms with Crippen molar-refractivity contribution in [2.24, 2.45) is 5.92 Å². The molecule has 0 aliphatic carbocycles. The van der Waals surface area contributed by atoms with E-state index in [9.17, 15) is 9.59 Å². The van der Waals surface area contributed by atoms with E-state index in [4.69, 9.17) is 4.74 Å². The average molecular weight is 316 g/mol. The first-order valence-corrected chi connectivity index (χ1v) is 7.49. The molecule has 1 aromatic rings. The van der Waals surface area contributed by atoms with Crippen LogP contribution in [0.1, 0.15) is 13.8 Å². The number of amides is 2. The maximum atomic E-state index is 11.7. The number of methoxy groups -OCH3 is 1. The van der Waals surface area contributed by atoms with Crippen molar-refractivity contribution in [3.05, 3.63) is 54.1 Å². The van der Waals surface area contributed by atoms with E-state index in [1.54, 1.807) is 7.11 Å². The molecule has 0 saturated heterocycles. The van der Waals surface area contributed by atoms with Crippen molar-refractivity contribution in [2.45, 2.75) is 20.0 Å². The van der Waals surface area contributed by atoms with Gasteiger partial charge in [-0.25, -0.2) is 4.79 Å². The maximum absolute atomic E-state index is 11.7. The Morgan fingerprint density at radius 2 is 2.00 bits per heavy atom. The molecule has 1 aromatic carbocycles. The average Bonchev–Trinajstić information content (AvgIpc) is 2.55. The molecule has 2 amide bonds. The summed E-state index contributed by atoms with van der Waals surface area (Å²) in [5.74, 6) is -0.195. The van der Waals surface area contributed by atoms with Crippen molar-refractivity contribution >= 4 is 18.0 Å². The molecule has 0 aliphatic rings. The van der Waals surface area contributed by atoms with Crippen LogP contribution in [0.25, 0.3) is 0 Å². The summed E-state index contributed by atoms with van der Waals surface area (Å²) in [4.78, 5) is 22.5. The molecule has 0 heterocycles. The topological polar surface area (TPSA) is 67.4 Å². The van der Waals surface area contributed by atoms with Gasteiger partial charge in [0, 0.05) is 25.3 Å². The summed E-state index contributed by atoms with van der Waals surface area (Å²) in [7, 11) is 1.58. The Labute approximate surface area is 137 Å². The van der Waals surface area contributed by atoms with Gasteiger partial charge in [0.05, 0.1) is 6.10 Å². The molecule has 124 valence electrons. The molecular formula is C18H24N2O3. The Morgan fingerprint density at radius 3 is 2.61 bits per heavy atom. The zero-order chi connectivity index (χ0) is 17.1. The molecule has 0 aromatic heterocycles.